The number of ether oxygens (including phenoxy) is 1. The second kappa shape index (κ2) is 7.78. The molecule has 1 amide bonds. The van der Waals surface area contributed by atoms with Gasteiger partial charge in [0.2, 0.25) is 0 Å². The van der Waals surface area contributed by atoms with Crippen molar-refractivity contribution in [1.29, 1.82) is 0 Å². The number of benzene rings is 2. The van der Waals surface area contributed by atoms with Gasteiger partial charge < -0.3 is 10.1 Å². The van der Waals surface area contributed by atoms with Crippen LogP contribution in [0.25, 0.3) is 0 Å². The number of alkyl halides is 3. The number of nitrogens with one attached hydrogen (secondary N) is 1. The molecule has 0 spiro atoms. The van der Waals surface area contributed by atoms with Crippen molar-refractivity contribution in [3.8, 4) is 0 Å². The van der Waals surface area contributed by atoms with E-state index in [4.69, 9.17) is 4.74 Å². The highest BCUT2D eigenvalue weighted by Crippen LogP contribution is 2.30. The average molecular weight is 355 g/mol. The largest absolute Gasteiger partial charge is 0.455 e. The molecule has 4 nitrogen and oxygen atoms in total. The summed E-state index contributed by atoms with van der Waals surface area (Å²) in [5, 5.41) is 2.21. The highest BCUT2D eigenvalue weighted by Gasteiger charge is 2.30. The molecule has 25 heavy (non-hydrogen) atoms. The Hall–Kier alpha value is -2.90. The maximum atomic E-state index is 13.0. The van der Waals surface area contributed by atoms with Gasteiger partial charge in [0.1, 0.15) is 5.82 Å². The average Bonchev–Trinajstić information content (AvgIpc) is 2.52. The van der Waals surface area contributed by atoms with Gasteiger partial charge in [0, 0.05) is 5.69 Å². The molecule has 8 heteroatoms. The lowest BCUT2D eigenvalue weighted by molar-refractivity contribution is -0.146. The maximum Gasteiger partial charge on any atom is 0.416 e. The Morgan fingerprint density at radius 2 is 1.76 bits per heavy atom. The third-order valence-corrected chi connectivity index (χ3v) is 3.08. The van der Waals surface area contributed by atoms with E-state index in [2.05, 4.69) is 5.32 Å². The Balaban J connectivity index is 1.85. The molecule has 1 N–H and O–H groups in total. The fourth-order valence-electron chi connectivity index (χ4n) is 1.98. The van der Waals surface area contributed by atoms with Gasteiger partial charge in [-0.1, -0.05) is 18.2 Å². The Labute approximate surface area is 140 Å². The van der Waals surface area contributed by atoms with E-state index in [1.54, 1.807) is 0 Å². The second-order valence-electron chi connectivity index (χ2n) is 5.09. The van der Waals surface area contributed by atoms with Crippen LogP contribution >= 0.6 is 0 Å². The summed E-state index contributed by atoms with van der Waals surface area (Å²) < 4.78 is 55.5. The molecular weight excluding hydrogens is 342 g/mol. The number of hydrogen-bond acceptors (Lipinski definition) is 3. The summed E-state index contributed by atoms with van der Waals surface area (Å²) in [5.41, 5.74) is -0.599. The Morgan fingerprint density at radius 3 is 2.44 bits per heavy atom. The van der Waals surface area contributed by atoms with Crippen molar-refractivity contribution < 1.29 is 31.9 Å². The van der Waals surface area contributed by atoms with E-state index in [1.165, 1.54) is 24.3 Å². The van der Waals surface area contributed by atoms with Gasteiger partial charge in [-0.2, -0.15) is 13.2 Å². The molecule has 0 saturated heterocycles. The zero-order chi connectivity index (χ0) is 18.4. The van der Waals surface area contributed by atoms with Gasteiger partial charge in [-0.25, -0.2) is 4.39 Å². The molecule has 0 bridgehead atoms. The molecule has 2 rings (SSSR count). The Kier molecular flexibility index (Phi) is 5.74. The third kappa shape index (κ3) is 5.91. The molecule has 0 fully saturated rings. The van der Waals surface area contributed by atoms with Crippen molar-refractivity contribution in [1.82, 2.24) is 0 Å². The van der Waals surface area contributed by atoms with Crippen LogP contribution < -0.4 is 5.32 Å². The first kappa shape index (κ1) is 18.4. The van der Waals surface area contributed by atoms with Crippen molar-refractivity contribution in [2.45, 2.75) is 12.6 Å². The molecule has 2 aromatic carbocycles. The van der Waals surface area contributed by atoms with E-state index in [1.807, 2.05) is 0 Å². The summed E-state index contributed by atoms with van der Waals surface area (Å²) >= 11 is 0. The van der Waals surface area contributed by atoms with Crippen molar-refractivity contribution in [3.63, 3.8) is 0 Å². The molecule has 2 aromatic rings. The number of amides is 1. The molecule has 0 aliphatic rings. The van der Waals surface area contributed by atoms with E-state index >= 15 is 0 Å². The monoisotopic (exact) mass is 355 g/mol. The highest BCUT2D eigenvalue weighted by atomic mass is 19.4. The van der Waals surface area contributed by atoms with Gasteiger partial charge in [0.05, 0.1) is 12.0 Å². The normalized spacial score (nSPS) is 11.0. The van der Waals surface area contributed by atoms with Gasteiger partial charge in [-0.05, 0) is 35.9 Å². The SMILES string of the molecule is O=C(COC(=O)Cc1cccc(F)c1)Nc1cccc(C(F)(F)F)c1. The molecule has 132 valence electrons. The van der Waals surface area contributed by atoms with Gasteiger partial charge >= 0.3 is 12.1 Å². The summed E-state index contributed by atoms with van der Waals surface area (Å²) in [6, 6.07) is 9.39. The van der Waals surface area contributed by atoms with Crippen molar-refractivity contribution in [3.05, 3.63) is 65.5 Å². The van der Waals surface area contributed by atoms with Crippen LogP contribution in [-0.4, -0.2) is 18.5 Å². The first-order valence-corrected chi connectivity index (χ1v) is 7.11. The van der Waals surface area contributed by atoms with Crippen molar-refractivity contribution in [2.24, 2.45) is 0 Å². The number of halogens is 4. The van der Waals surface area contributed by atoms with Crippen molar-refractivity contribution in [2.75, 3.05) is 11.9 Å². The van der Waals surface area contributed by atoms with Crippen LogP contribution in [0.5, 0.6) is 0 Å². The van der Waals surface area contributed by atoms with Crippen molar-refractivity contribution >= 4 is 17.6 Å². The maximum absolute atomic E-state index is 13.0. The quantitative estimate of drug-likeness (QED) is 0.659. The predicted octanol–water partition coefficient (Wildman–Crippen LogP) is 3.57. The van der Waals surface area contributed by atoms with Gasteiger partial charge in [0.15, 0.2) is 6.61 Å². The van der Waals surface area contributed by atoms with Gasteiger partial charge in [-0.3, -0.25) is 9.59 Å². The minimum Gasteiger partial charge on any atom is -0.455 e. The number of hydrogen-bond donors (Lipinski definition) is 1. The van der Waals surface area contributed by atoms with E-state index in [0.717, 1.165) is 24.3 Å². The first-order chi connectivity index (χ1) is 11.7. The zero-order valence-corrected chi connectivity index (χ0v) is 12.8. The van der Waals surface area contributed by atoms with Crippen LogP contribution in [0.15, 0.2) is 48.5 Å². The van der Waals surface area contributed by atoms with E-state index in [9.17, 15) is 27.2 Å². The Morgan fingerprint density at radius 1 is 1.04 bits per heavy atom. The summed E-state index contributed by atoms with van der Waals surface area (Å²) in [7, 11) is 0. The van der Waals surface area contributed by atoms with E-state index in [0.29, 0.717) is 5.56 Å². The molecule has 0 aliphatic carbocycles. The van der Waals surface area contributed by atoms with Gasteiger partial charge in [-0.15, -0.1) is 0 Å². The third-order valence-electron chi connectivity index (χ3n) is 3.08. The minimum atomic E-state index is -4.53. The van der Waals surface area contributed by atoms with Crippen LogP contribution in [0.1, 0.15) is 11.1 Å². The molecule has 0 saturated carbocycles. The molecule has 0 unspecified atom stereocenters. The van der Waals surface area contributed by atoms with Crippen LogP contribution in [-0.2, 0) is 26.9 Å². The number of carbonyl (C=O) groups excluding carboxylic acids is 2. The fraction of sp³-hybridized carbons (Fsp3) is 0.176. The number of anilines is 1. The molecular formula is C17H13F4NO3. The smallest absolute Gasteiger partial charge is 0.416 e. The lowest BCUT2D eigenvalue weighted by atomic mass is 10.1. The van der Waals surface area contributed by atoms with Crippen LogP contribution in [0.3, 0.4) is 0 Å². The number of carbonyl (C=O) groups is 2. The van der Waals surface area contributed by atoms with Crippen LogP contribution in [0.4, 0.5) is 23.2 Å². The minimum absolute atomic E-state index is 0.0685. The van der Waals surface area contributed by atoms with E-state index in [-0.39, 0.29) is 12.1 Å². The molecule has 0 aromatic heterocycles. The predicted molar refractivity (Wildman–Crippen MR) is 81.1 cm³/mol. The standard InChI is InChI=1S/C17H13F4NO3/c18-13-5-1-3-11(7-13)8-16(24)25-10-15(23)22-14-6-2-4-12(9-14)17(19,20)21/h1-7,9H,8,10H2,(H,22,23). The molecule has 0 aliphatic heterocycles. The highest BCUT2D eigenvalue weighted by molar-refractivity contribution is 5.93. The summed E-state index contributed by atoms with van der Waals surface area (Å²) in [6.45, 7) is -0.662. The summed E-state index contributed by atoms with van der Waals surface area (Å²) in [5.74, 6) is -2.05. The topological polar surface area (TPSA) is 55.4 Å². The second-order valence-corrected chi connectivity index (χ2v) is 5.09. The van der Waals surface area contributed by atoms with Crippen LogP contribution in [0.2, 0.25) is 0 Å². The lowest BCUT2D eigenvalue weighted by Gasteiger charge is -2.10. The zero-order valence-electron chi connectivity index (χ0n) is 12.8. The van der Waals surface area contributed by atoms with Gasteiger partial charge in [0.25, 0.3) is 5.91 Å². The number of esters is 1. The molecule has 0 atom stereocenters. The summed E-state index contributed by atoms with van der Waals surface area (Å²) in [6.07, 6.45) is -4.76. The molecule has 0 radical (unpaired) electrons. The lowest BCUT2D eigenvalue weighted by Crippen LogP contribution is -2.22. The first-order valence-electron chi connectivity index (χ1n) is 7.11. The van der Waals surface area contributed by atoms with E-state index < -0.39 is 36.0 Å². The summed E-state index contributed by atoms with van der Waals surface area (Å²) in [4.78, 5) is 23.2. The fourth-order valence-corrected chi connectivity index (χ4v) is 1.98. The number of rotatable bonds is 5. The van der Waals surface area contributed by atoms with Crippen LogP contribution in [0, 0.1) is 5.82 Å². The molecule has 0 heterocycles. The Bertz CT molecular complexity index is 774.